The van der Waals surface area contributed by atoms with Crippen LogP contribution in [0.1, 0.15) is 22.8 Å². The van der Waals surface area contributed by atoms with Gasteiger partial charge >= 0.3 is 5.97 Å². The Morgan fingerprint density at radius 2 is 2.00 bits per heavy atom. The SMILES string of the molecule is CCOc1cc(C(=O)O)cc(Br)c1OCc1ccncc1. The molecule has 0 aliphatic rings. The third-order valence-electron chi connectivity index (χ3n) is 2.69. The number of pyridine rings is 1. The van der Waals surface area contributed by atoms with Gasteiger partial charge in [0.05, 0.1) is 16.6 Å². The van der Waals surface area contributed by atoms with E-state index < -0.39 is 5.97 Å². The minimum Gasteiger partial charge on any atom is -0.490 e. The van der Waals surface area contributed by atoms with Crippen LogP contribution in [0.4, 0.5) is 0 Å². The Labute approximate surface area is 130 Å². The van der Waals surface area contributed by atoms with Crippen molar-refractivity contribution >= 4 is 21.9 Å². The van der Waals surface area contributed by atoms with Crippen LogP contribution in [0.3, 0.4) is 0 Å². The Morgan fingerprint density at radius 3 is 2.62 bits per heavy atom. The molecule has 1 heterocycles. The van der Waals surface area contributed by atoms with Gasteiger partial charge < -0.3 is 14.6 Å². The maximum Gasteiger partial charge on any atom is 0.335 e. The van der Waals surface area contributed by atoms with Gasteiger partial charge in [-0.25, -0.2) is 4.79 Å². The Morgan fingerprint density at radius 1 is 1.29 bits per heavy atom. The molecular formula is C15H14BrNO4. The molecule has 0 spiro atoms. The normalized spacial score (nSPS) is 10.2. The van der Waals surface area contributed by atoms with Crippen molar-refractivity contribution in [1.29, 1.82) is 0 Å². The smallest absolute Gasteiger partial charge is 0.335 e. The lowest BCUT2D eigenvalue weighted by Gasteiger charge is -2.14. The van der Waals surface area contributed by atoms with Crippen LogP contribution in [0.5, 0.6) is 11.5 Å². The summed E-state index contributed by atoms with van der Waals surface area (Å²) < 4.78 is 11.8. The Hall–Kier alpha value is -2.08. The zero-order valence-electron chi connectivity index (χ0n) is 11.4. The first-order valence-corrected chi connectivity index (χ1v) is 7.12. The fourth-order valence-electron chi connectivity index (χ4n) is 1.73. The van der Waals surface area contributed by atoms with Gasteiger partial charge in [0.15, 0.2) is 11.5 Å². The largest absolute Gasteiger partial charge is 0.490 e. The summed E-state index contributed by atoms with van der Waals surface area (Å²) in [7, 11) is 0. The van der Waals surface area contributed by atoms with E-state index in [9.17, 15) is 4.79 Å². The van der Waals surface area contributed by atoms with Crippen LogP contribution in [-0.2, 0) is 6.61 Å². The van der Waals surface area contributed by atoms with Crippen LogP contribution in [0.2, 0.25) is 0 Å². The van der Waals surface area contributed by atoms with Crippen LogP contribution in [0.25, 0.3) is 0 Å². The highest BCUT2D eigenvalue weighted by atomic mass is 79.9. The number of halogens is 1. The Bertz CT molecular complexity index is 631. The molecule has 5 nitrogen and oxygen atoms in total. The summed E-state index contributed by atoms with van der Waals surface area (Å²) in [5, 5.41) is 9.08. The van der Waals surface area contributed by atoms with Crippen molar-refractivity contribution in [3.63, 3.8) is 0 Å². The quantitative estimate of drug-likeness (QED) is 0.862. The molecule has 0 bridgehead atoms. The topological polar surface area (TPSA) is 68.7 Å². The molecule has 2 aromatic rings. The van der Waals surface area contributed by atoms with Gasteiger partial charge in [0, 0.05) is 12.4 Å². The predicted molar refractivity (Wildman–Crippen MR) is 80.8 cm³/mol. The second-order valence-electron chi connectivity index (χ2n) is 4.17. The number of carbonyl (C=O) groups is 1. The number of nitrogens with zero attached hydrogens (tertiary/aromatic N) is 1. The Balaban J connectivity index is 2.26. The molecule has 0 unspecified atom stereocenters. The minimum atomic E-state index is -1.02. The number of rotatable bonds is 6. The molecule has 0 aliphatic carbocycles. The highest BCUT2D eigenvalue weighted by Crippen LogP contribution is 2.37. The van der Waals surface area contributed by atoms with Gasteiger partial charge in [-0.2, -0.15) is 0 Å². The standard InChI is InChI=1S/C15H14BrNO4/c1-2-20-13-8-11(15(18)19)7-12(16)14(13)21-9-10-3-5-17-6-4-10/h3-8H,2,9H2,1H3,(H,18,19). The molecule has 110 valence electrons. The fraction of sp³-hybridized carbons (Fsp3) is 0.200. The predicted octanol–water partition coefficient (Wildman–Crippen LogP) is 3.52. The van der Waals surface area contributed by atoms with E-state index in [1.165, 1.54) is 12.1 Å². The molecule has 2 rings (SSSR count). The lowest BCUT2D eigenvalue weighted by molar-refractivity contribution is 0.0696. The van der Waals surface area contributed by atoms with Gasteiger partial charge in [-0.15, -0.1) is 0 Å². The molecule has 1 aromatic carbocycles. The number of carboxylic acids is 1. The zero-order valence-corrected chi connectivity index (χ0v) is 13.0. The van der Waals surface area contributed by atoms with E-state index in [2.05, 4.69) is 20.9 Å². The molecule has 0 saturated carbocycles. The van der Waals surface area contributed by atoms with E-state index in [0.717, 1.165) is 5.56 Å². The molecule has 0 aliphatic heterocycles. The fourth-order valence-corrected chi connectivity index (χ4v) is 2.29. The highest BCUT2D eigenvalue weighted by Gasteiger charge is 2.15. The van der Waals surface area contributed by atoms with E-state index in [1.54, 1.807) is 12.4 Å². The first kappa shape index (κ1) is 15.3. The van der Waals surface area contributed by atoms with Crippen LogP contribution in [-0.4, -0.2) is 22.7 Å². The van der Waals surface area contributed by atoms with E-state index in [0.29, 0.717) is 29.2 Å². The van der Waals surface area contributed by atoms with Crippen LogP contribution < -0.4 is 9.47 Å². The summed E-state index contributed by atoms with van der Waals surface area (Å²) >= 11 is 3.33. The summed E-state index contributed by atoms with van der Waals surface area (Å²) in [6, 6.07) is 6.64. The molecule has 0 fully saturated rings. The molecule has 0 amide bonds. The molecular weight excluding hydrogens is 338 g/mol. The molecule has 0 atom stereocenters. The van der Waals surface area contributed by atoms with Gasteiger partial charge in [0.1, 0.15) is 6.61 Å². The molecule has 0 saturated heterocycles. The maximum atomic E-state index is 11.1. The molecule has 21 heavy (non-hydrogen) atoms. The van der Waals surface area contributed by atoms with Crippen molar-refractivity contribution in [2.45, 2.75) is 13.5 Å². The number of aromatic carboxylic acids is 1. The van der Waals surface area contributed by atoms with E-state index >= 15 is 0 Å². The first-order chi connectivity index (χ1) is 10.1. The maximum absolute atomic E-state index is 11.1. The number of benzene rings is 1. The average molecular weight is 352 g/mol. The van der Waals surface area contributed by atoms with E-state index in [-0.39, 0.29) is 5.56 Å². The van der Waals surface area contributed by atoms with Crippen molar-refractivity contribution in [2.24, 2.45) is 0 Å². The number of ether oxygens (including phenoxy) is 2. The van der Waals surface area contributed by atoms with Gasteiger partial charge in [-0.1, -0.05) is 0 Å². The highest BCUT2D eigenvalue weighted by molar-refractivity contribution is 9.10. The van der Waals surface area contributed by atoms with Gasteiger partial charge in [0.2, 0.25) is 0 Å². The zero-order chi connectivity index (χ0) is 15.2. The van der Waals surface area contributed by atoms with Crippen molar-refractivity contribution < 1.29 is 19.4 Å². The summed E-state index contributed by atoms with van der Waals surface area (Å²) in [5.41, 5.74) is 1.10. The first-order valence-electron chi connectivity index (χ1n) is 6.33. The average Bonchev–Trinajstić information content (AvgIpc) is 2.47. The monoisotopic (exact) mass is 351 g/mol. The second kappa shape index (κ2) is 7.08. The molecule has 1 N–H and O–H groups in total. The van der Waals surface area contributed by atoms with Crippen molar-refractivity contribution in [1.82, 2.24) is 4.98 Å². The van der Waals surface area contributed by atoms with E-state index in [1.807, 2.05) is 19.1 Å². The van der Waals surface area contributed by atoms with E-state index in [4.69, 9.17) is 14.6 Å². The van der Waals surface area contributed by atoms with Gasteiger partial charge in [-0.3, -0.25) is 4.98 Å². The van der Waals surface area contributed by atoms with Gasteiger partial charge in [-0.05, 0) is 52.7 Å². The number of carboxylic acid groups (broad SMARTS) is 1. The summed E-state index contributed by atoms with van der Waals surface area (Å²) in [6.07, 6.45) is 3.37. The van der Waals surface area contributed by atoms with Gasteiger partial charge in [0.25, 0.3) is 0 Å². The van der Waals surface area contributed by atoms with Crippen molar-refractivity contribution in [3.8, 4) is 11.5 Å². The summed E-state index contributed by atoms with van der Waals surface area (Å²) in [6.45, 7) is 2.59. The third-order valence-corrected chi connectivity index (χ3v) is 3.28. The summed E-state index contributed by atoms with van der Waals surface area (Å²) in [5.74, 6) is -0.130. The number of hydrogen-bond donors (Lipinski definition) is 1. The minimum absolute atomic E-state index is 0.140. The molecule has 1 aromatic heterocycles. The van der Waals surface area contributed by atoms with Crippen molar-refractivity contribution in [2.75, 3.05) is 6.61 Å². The van der Waals surface area contributed by atoms with Crippen molar-refractivity contribution in [3.05, 3.63) is 52.3 Å². The lowest BCUT2D eigenvalue weighted by Crippen LogP contribution is -2.03. The number of hydrogen-bond acceptors (Lipinski definition) is 4. The Kier molecular flexibility index (Phi) is 5.16. The number of aromatic nitrogens is 1. The lowest BCUT2D eigenvalue weighted by atomic mass is 10.2. The third kappa shape index (κ3) is 3.95. The second-order valence-corrected chi connectivity index (χ2v) is 5.02. The molecule has 6 heteroatoms. The van der Waals surface area contributed by atoms with Crippen LogP contribution in [0, 0.1) is 0 Å². The summed E-state index contributed by atoms with van der Waals surface area (Å²) in [4.78, 5) is 15.0. The van der Waals surface area contributed by atoms with Crippen LogP contribution >= 0.6 is 15.9 Å². The molecule has 0 radical (unpaired) electrons. The van der Waals surface area contributed by atoms with Crippen LogP contribution in [0.15, 0.2) is 41.1 Å².